The Morgan fingerprint density at radius 3 is 2.62 bits per heavy atom. The number of carbonyl (C=O) groups excluding carboxylic acids is 1. The Morgan fingerprint density at radius 1 is 1.57 bits per heavy atom. The summed E-state index contributed by atoms with van der Waals surface area (Å²) in [7, 11) is 0. The van der Waals surface area contributed by atoms with Crippen molar-refractivity contribution in [2.24, 2.45) is 5.73 Å². The van der Waals surface area contributed by atoms with Crippen LogP contribution in [-0.2, 0) is 9.53 Å². The van der Waals surface area contributed by atoms with Crippen LogP contribution in [0.15, 0.2) is 18.2 Å². The zero-order valence-electron chi connectivity index (χ0n) is 10.8. The van der Waals surface area contributed by atoms with E-state index in [0.717, 1.165) is 12.1 Å². The van der Waals surface area contributed by atoms with Crippen molar-refractivity contribution in [3.63, 3.8) is 0 Å². The molecule has 0 bridgehead atoms. The number of benzene rings is 1. The Bertz CT molecular complexity index is 541. The van der Waals surface area contributed by atoms with Crippen LogP contribution in [0.1, 0.15) is 18.5 Å². The van der Waals surface area contributed by atoms with E-state index in [0.29, 0.717) is 6.07 Å². The summed E-state index contributed by atoms with van der Waals surface area (Å²) in [5.74, 6) is -6.66. The number of nitro benzene ring substituents is 1. The first-order valence-corrected chi connectivity index (χ1v) is 5.49. The lowest BCUT2D eigenvalue weighted by Gasteiger charge is -2.22. The van der Waals surface area contributed by atoms with Gasteiger partial charge in [0.05, 0.1) is 11.5 Å². The van der Waals surface area contributed by atoms with Gasteiger partial charge in [0.1, 0.15) is 11.8 Å². The van der Waals surface area contributed by atoms with Crippen LogP contribution in [0.4, 0.5) is 14.5 Å². The summed E-state index contributed by atoms with van der Waals surface area (Å²) in [5, 5.41) is 20.1. The van der Waals surface area contributed by atoms with E-state index in [4.69, 9.17) is 5.73 Å². The van der Waals surface area contributed by atoms with Gasteiger partial charge in [-0.25, -0.2) is 4.79 Å². The lowest BCUT2D eigenvalue weighted by atomic mass is 10.00. The largest absolute Gasteiger partial charge is 0.508 e. The SMILES string of the molecule is CCOC(=O)C(F)(F)[C@H](N)c1cc([N+](=O)[O-])ccc1O.Cl. The van der Waals surface area contributed by atoms with Gasteiger partial charge in [0.25, 0.3) is 5.69 Å². The van der Waals surface area contributed by atoms with Gasteiger partial charge in [-0.05, 0) is 13.0 Å². The molecule has 21 heavy (non-hydrogen) atoms. The van der Waals surface area contributed by atoms with Crippen molar-refractivity contribution in [1.29, 1.82) is 0 Å². The molecule has 0 saturated heterocycles. The highest BCUT2D eigenvalue weighted by atomic mass is 35.5. The maximum Gasteiger partial charge on any atom is 0.379 e. The molecule has 1 rings (SSSR count). The molecule has 0 fully saturated rings. The average molecular weight is 327 g/mol. The topological polar surface area (TPSA) is 116 Å². The van der Waals surface area contributed by atoms with Crippen LogP contribution in [0.5, 0.6) is 5.75 Å². The summed E-state index contributed by atoms with van der Waals surface area (Å²) in [5.41, 5.74) is 4.09. The number of nitrogens with two attached hydrogens (primary N) is 1. The Labute approximate surface area is 124 Å². The highest BCUT2D eigenvalue weighted by molar-refractivity contribution is 5.85. The van der Waals surface area contributed by atoms with Crippen LogP contribution in [0.3, 0.4) is 0 Å². The monoisotopic (exact) mass is 326 g/mol. The fourth-order valence-electron chi connectivity index (χ4n) is 1.45. The number of hydrogen-bond donors (Lipinski definition) is 2. The third kappa shape index (κ3) is 3.99. The number of esters is 1. The van der Waals surface area contributed by atoms with Crippen LogP contribution >= 0.6 is 12.4 Å². The van der Waals surface area contributed by atoms with Gasteiger partial charge in [0.15, 0.2) is 0 Å². The van der Waals surface area contributed by atoms with Gasteiger partial charge in [-0.2, -0.15) is 8.78 Å². The molecule has 0 saturated carbocycles. The van der Waals surface area contributed by atoms with E-state index in [1.165, 1.54) is 6.92 Å². The normalized spacial score (nSPS) is 12.2. The molecule has 7 nitrogen and oxygen atoms in total. The minimum Gasteiger partial charge on any atom is -0.508 e. The van der Waals surface area contributed by atoms with Crippen molar-refractivity contribution in [1.82, 2.24) is 0 Å². The molecule has 0 unspecified atom stereocenters. The summed E-state index contributed by atoms with van der Waals surface area (Å²) in [6, 6.07) is 0.205. The number of hydrogen-bond acceptors (Lipinski definition) is 6. The molecule has 1 aromatic carbocycles. The van der Waals surface area contributed by atoms with Crippen LogP contribution < -0.4 is 5.73 Å². The van der Waals surface area contributed by atoms with Crippen LogP contribution in [0, 0.1) is 10.1 Å². The van der Waals surface area contributed by atoms with Gasteiger partial charge in [-0.3, -0.25) is 10.1 Å². The number of rotatable bonds is 5. The number of nitro groups is 1. The zero-order valence-corrected chi connectivity index (χ0v) is 11.6. The first-order chi connectivity index (χ1) is 9.21. The second kappa shape index (κ2) is 7.14. The standard InChI is InChI=1S/C11H12F2N2O5.ClH/c1-2-20-10(17)11(12,13)9(14)7-5-6(15(18)19)3-4-8(7)16;/h3-5,9,16H,2,14H2,1H3;1H/t9-;/m1./s1. The van der Waals surface area contributed by atoms with Crippen molar-refractivity contribution in [3.05, 3.63) is 33.9 Å². The lowest BCUT2D eigenvalue weighted by Crippen LogP contribution is -2.41. The quantitative estimate of drug-likeness (QED) is 0.485. The van der Waals surface area contributed by atoms with E-state index >= 15 is 0 Å². The third-order valence-electron chi connectivity index (χ3n) is 2.50. The summed E-state index contributed by atoms with van der Waals surface area (Å²) in [4.78, 5) is 20.9. The number of halogens is 3. The van der Waals surface area contributed by atoms with Crippen molar-refractivity contribution >= 4 is 24.1 Å². The first-order valence-electron chi connectivity index (χ1n) is 5.49. The molecule has 0 amide bonds. The van der Waals surface area contributed by atoms with Crippen LogP contribution in [0.2, 0.25) is 0 Å². The minimum atomic E-state index is -4.12. The Hall–Kier alpha value is -2.00. The molecule has 118 valence electrons. The van der Waals surface area contributed by atoms with Crippen molar-refractivity contribution in [2.75, 3.05) is 6.61 Å². The maximum absolute atomic E-state index is 13.7. The van der Waals surface area contributed by atoms with E-state index in [2.05, 4.69) is 4.74 Å². The molecule has 1 aromatic rings. The molecular formula is C11H13ClF2N2O5. The highest BCUT2D eigenvalue weighted by Gasteiger charge is 2.48. The highest BCUT2D eigenvalue weighted by Crippen LogP contribution is 2.36. The molecule has 3 N–H and O–H groups in total. The van der Waals surface area contributed by atoms with Gasteiger partial charge in [0, 0.05) is 17.7 Å². The molecule has 0 aliphatic rings. The molecule has 0 spiro atoms. The molecule has 0 radical (unpaired) electrons. The lowest BCUT2D eigenvalue weighted by molar-refractivity contribution is -0.385. The molecule has 0 heterocycles. The van der Waals surface area contributed by atoms with Gasteiger partial charge in [0.2, 0.25) is 0 Å². The van der Waals surface area contributed by atoms with Crippen LogP contribution in [-0.4, -0.2) is 28.5 Å². The summed E-state index contributed by atoms with van der Waals surface area (Å²) < 4.78 is 31.6. The van der Waals surface area contributed by atoms with Crippen LogP contribution in [0.25, 0.3) is 0 Å². The van der Waals surface area contributed by atoms with Gasteiger partial charge >= 0.3 is 11.9 Å². The number of alkyl halides is 2. The summed E-state index contributed by atoms with van der Waals surface area (Å²) in [6.07, 6.45) is 0. The number of aromatic hydroxyl groups is 1. The molecule has 10 heteroatoms. The molecule has 1 atom stereocenters. The summed E-state index contributed by atoms with van der Waals surface area (Å²) >= 11 is 0. The van der Waals surface area contributed by atoms with Crippen molar-refractivity contribution < 1.29 is 28.3 Å². The van der Waals surface area contributed by atoms with Gasteiger partial charge < -0.3 is 15.6 Å². The Kier molecular flexibility index (Phi) is 6.46. The van der Waals surface area contributed by atoms with E-state index in [1.54, 1.807) is 0 Å². The smallest absolute Gasteiger partial charge is 0.379 e. The number of non-ortho nitro benzene ring substituents is 1. The number of carbonyl (C=O) groups is 1. The van der Waals surface area contributed by atoms with Gasteiger partial charge in [-0.1, -0.05) is 0 Å². The fraction of sp³-hybridized carbons (Fsp3) is 0.364. The van der Waals surface area contributed by atoms with E-state index in [1.807, 2.05) is 0 Å². The van der Waals surface area contributed by atoms with E-state index in [9.17, 15) is 28.8 Å². The predicted molar refractivity (Wildman–Crippen MR) is 70.5 cm³/mol. The zero-order chi connectivity index (χ0) is 15.5. The maximum atomic E-state index is 13.7. The second-order valence-corrected chi connectivity index (χ2v) is 3.82. The minimum absolute atomic E-state index is 0. The number of ether oxygens (including phenoxy) is 1. The van der Waals surface area contributed by atoms with Crippen molar-refractivity contribution in [3.8, 4) is 5.75 Å². The number of phenolic OH excluding ortho intramolecular Hbond substituents is 1. The van der Waals surface area contributed by atoms with Crippen molar-refractivity contribution in [2.45, 2.75) is 18.9 Å². The van der Waals surface area contributed by atoms with Gasteiger partial charge in [-0.15, -0.1) is 12.4 Å². The number of nitrogens with zero attached hydrogens (tertiary/aromatic N) is 1. The predicted octanol–water partition coefficient (Wildman–Crippen LogP) is 1.92. The third-order valence-corrected chi connectivity index (χ3v) is 2.50. The van der Waals surface area contributed by atoms with E-state index in [-0.39, 0.29) is 19.0 Å². The summed E-state index contributed by atoms with van der Waals surface area (Å²) in [6.45, 7) is 1.06. The first kappa shape index (κ1) is 19.0. The fourth-order valence-corrected chi connectivity index (χ4v) is 1.45. The number of phenols is 1. The Morgan fingerprint density at radius 2 is 2.14 bits per heavy atom. The molecule has 0 aliphatic heterocycles. The molecule has 0 aliphatic carbocycles. The second-order valence-electron chi connectivity index (χ2n) is 3.82. The molecule has 0 aromatic heterocycles. The molecular weight excluding hydrogens is 314 g/mol. The average Bonchev–Trinajstić information content (AvgIpc) is 2.38. The van der Waals surface area contributed by atoms with E-state index < -0.39 is 39.9 Å². The Balaban J connectivity index is 0.00000400.